The van der Waals surface area contributed by atoms with Crippen LogP contribution in [0.15, 0.2) is 18.2 Å². The molecule has 0 bridgehead atoms. The maximum Gasteiger partial charge on any atom is 0.272 e. The molecule has 0 aliphatic carbocycles. The summed E-state index contributed by atoms with van der Waals surface area (Å²) < 4.78 is 0. The van der Waals surface area contributed by atoms with Crippen LogP contribution in [-0.4, -0.2) is 39.4 Å². The van der Waals surface area contributed by atoms with E-state index in [1.54, 1.807) is 6.07 Å². The minimum Gasteiger partial charge on any atom is -0.333 e. The van der Waals surface area contributed by atoms with Crippen molar-refractivity contribution in [3.63, 3.8) is 0 Å². The van der Waals surface area contributed by atoms with Crippen molar-refractivity contribution < 1.29 is 4.79 Å². The molecule has 1 aromatic rings. The molecule has 2 atom stereocenters. The van der Waals surface area contributed by atoms with Gasteiger partial charge in [0.05, 0.1) is 0 Å². The van der Waals surface area contributed by atoms with E-state index in [1.807, 2.05) is 35.7 Å². The van der Waals surface area contributed by atoms with Gasteiger partial charge < -0.3 is 4.90 Å². The number of hydrogen-bond acceptors (Lipinski definition) is 3. The summed E-state index contributed by atoms with van der Waals surface area (Å²) >= 11 is 1.93. The third kappa shape index (κ3) is 2.63. The maximum absolute atomic E-state index is 12.4. The summed E-state index contributed by atoms with van der Waals surface area (Å²) in [7, 11) is 0. The molecule has 1 aliphatic rings. The predicted molar refractivity (Wildman–Crippen MR) is 71.4 cm³/mol. The Kier molecular flexibility index (Phi) is 3.72. The van der Waals surface area contributed by atoms with Crippen molar-refractivity contribution in [1.29, 1.82) is 0 Å². The molecule has 3 nitrogen and oxygen atoms in total. The first-order valence-electron chi connectivity index (χ1n) is 5.96. The number of aromatic nitrogens is 1. The van der Waals surface area contributed by atoms with E-state index in [0.717, 1.165) is 18.0 Å². The van der Waals surface area contributed by atoms with Gasteiger partial charge in [-0.05, 0) is 26.0 Å². The number of aryl methyl sites for hydroxylation is 1. The van der Waals surface area contributed by atoms with Gasteiger partial charge >= 0.3 is 0 Å². The number of carbonyl (C=O) groups excluding carboxylic acids is 1. The Balaban J connectivity index is 2.19. The van der Waals surface area contributed by atoms with Gasteiger partial charge in [-0.2, -0.15) is 11.8 Å². The summed E-state index contributed by atoms with van der Waals surface area (Å²) in [6.07, 6.45) is 0. The Hall–Kier alpha value is -1.03. The maximum atomic E-state index is 12.4. The SMILES string of the molecule is Cc1cccc(C(=O)N2CCS[C@H](C)[C@H]2C)n1. The van der Waals surface area contributed by atoms with Gasteiger partial charge in [-0.1, -0.05) is 13.0 Å². The second-order valence-corrected chi connectivity index (χ2v) is 5.96. The summed E-state index contributed by atoms with van der Waals surface area (Å²) in [5.41, 5.74) is 1.46. The Bertz CT molecular complexity index is 422. The molecule has 92 valence electrons. The van der Waals surface area contributed by atoms with Gasteiger partial charge in [-0.3, -0.25) is 4.79 Å². The second kappa shape index (κ2) is 5.08. The molecule has 0 spiro atoms. The van der Waals surface area contributed by atoms with Gasteiger partial charge in [0.15, 0.2) is 0 Å². The van der Waals surface area contributed by atoms with Crippen molar-refractivity contribution in [3.8, 4) is 0 Å². The number of carbonyl (C=O) groups is 1. The van der Waals surface area contributed by atoms with Crippen molar-refractivity contribution in [2.45, 2.75) is 32.1 Å². The van der Waals surface area contributed by atoms with Gasteiger partial charge in [0.2, 0.25) is 0 Å². The van der Waals surface area contributed by atoms with Crippen LogP contribution in [0.25, 0.3) is 0 Å². The van der Waals surface area contributed by atoms with Crippen LogP contribution in [0, 0.1) is 6.92 Å². The van der Waals surface area contributed by atoms with Crippen LogP contribution >= 0.6 is 11.8 Å². The van der Waals surface area contributed by atoms with Crippen molar-refractivity contribution in [2.75, 3.05) is 12.3 Å². The molecule has 4 heteroatoms. The Morgan fingerprint density at radius 2 is 2.24 bits per heavy atom. The first-order chi connectivity index (χ1) is 8.09. The monoisotopic (exact) mass is 250 g/mol. The smallest absolute Gasteiger partial charge is 0.272 e. The standard InChI is InChI=1S/C13H18N2OS/c1-9-5-4-6-12(14-9)13(16)15-7-8-17-11(3)10(15)2/h4-6,10-11H,7-8H2,1-3H3/t10-,11-/m1/s1. The van der Waals surface area contributed by atoms with E-state index in [-0.39, 0.29) is 11.9 Å². The number of nitrogens with zero attached hydrogens (tertiary/aromatic N) is 2. The van der Waals surface area contributed by atoms with E-state index in [0.29, 0.717) is 10.9 Å². The average molecular weight is 250 g/mol. The molecule has 1 saturated heterocycles. The highest BCUT2D eigenvalue weighted by atomic mass is 32.2. The molecule has 17 heavy (non-hydrogen) atoms. The Morgan fingerprint density at radius 1 is 1.47 bits per heavy atom. The van der Waals surface area contributed by atoms with Crippen LogP contribution in [0.4, 0.5) is 0 Å². The van der Waals surface area contributed by atoms with E-state index in [1.165, 1.54) is 0 Å². The first-order valence-corrected chi connectivity index (χ1v) is 7.00. The molecule has 0 aromatic carbocycles. The highest BCUT2D eigenvalue weighted by molar-refractivity contribution is 8.00. The van der Waals surface area contributed by atoms with Gasteiger partial charge in [0, 0.05) is 29.3 Å². The van der Waals surface area contributed by atoms with Crippen LogP contribution in [-0.2, 0) is 0 Å². The summed E-state index contributed by atoms with van der Waals surface area (Å²) in [5.74, 6) is 1.08. The third-order valence-corrected chi connectivity index (χ3v) is 4.59. The average Bonchev–Trinajstić information content (AvgIpc) is 2.32. The molecule has 1 aromatic heterocycles. The lowest BCUT2D eigenvalue weighted by Crippen LogP contribution is -2.48. The number of pyridine rings is 1. The molecule has 0 saturated carbocycles. The number of rotatable bonds is 1. The van der Waals surface area contributed by atoms with Gasteiger partial charge in [-0.15, -0.1) is 0 Å². The van der Waals surface area contributed by atoms with Crippen LogP contribution in [0.1, 0.15) is 30.0 Å². The molecule has 2 heterocycles. The summed E-state index contributed by atoms with van der Waals surface area (Å²) in [5, 5.41) is 0.498. The van der Waals surface area contributed by atoms with Crippen LogP contribution in [0.3, 0.4) is 0 Å². The third-order valence-electron chi connectivity index (χ3n) is 3.25. The zero-order valence-corrected chi connectivity index (χ0v) is 11.3. The van der Waals surface area contributed by atoms with Gasteiger partial charge in [0.25, 0.3) is 5.91 Å². The fourth-order valence-electron chi connectivity index (χ4n) is 2.03. The van der Waals surface area contributed by atoms with E-state index in [4.69, 9.17) is 0 Å². The summed E-state index contributed by atoms with van der Waals surface area (Å²) in [4.78, 5) is 18.6. The van der Waals surface area contributed by atoms with Gasteiger partial charge in [-0.25, -0.2) is 4.98 Å². The quantitative estimate of drug-likeness (QED) is 0.767. The fraction of sp³-hybridized carbons (Fsp3) is 0.538. The van der Waals surface area contributed by atoms with Crippen LogP contribution in [0.2, 0.25) is 0 Å². The van der Waals surface area contributed by atoms with Crippen molar-refractivity contribution in [2.24, 2.45) is 0 Å². The summed E-state index contributed by atoms with van der Waals surface area (Å²) in [6.45, 7) is 7.03. The zero-order valence-electron chi connectivity index (χ0n) is 10.5. The normalized spacial score (nSPS) is 24.8. The molecule has 0 unspecified atom stereocenters. The zero-order chi connectivity index (χ0) is 12.4. The molecule has 1 aliphatic heterocycles. The van der Waals surface area contributed by atoms with E-state index < -0.39 is 0 Å². The highest BCUT2D eigenvalue weighted by Crippen LogP contribution is 2.25. The highest BCUT2D eigenvalue weighted by Gasteiger charge is 2.29. The number of amides is 1. The molecular formula is C13H18N2OS. The number of thioether (sulfide) groups is 1. The second-order valence-electron chi connectivity index (χ2n) is 4.48. The largest absolute Gasteiger partial charge is 0.333 e. The van der Waals surface area contributed by atoms with Crippen molar-refractivity contribution in [1.82, 2.24) is 9.88 Å². The van der Waals surface area contributed by atoms with E-state index in [9.17, 15) is 4.79 Å². The van der Waals surface area contributed by atoms with Crippen LogP contribution < -0.4 is 0 Å². The molecule has 2 rings (SSSR count). The lowest BCUT2D eigenvalue weighted by molar-refractivity contribution is 0.0692. The summed E-state index contributed by atoms with van der Waals surface area (Å²) in [6, 6.07) is 5.88. The minimum absolute atomic E-state index is 0.0633. The van der Waals surface area contributed by atoms with Gasteiger partial charge in [0.1, 0.15) is 5.69 Å². The topological polar surface area (TPSA) is 33.2 Å². The Morgan fingerprint density at radius 3 is 2.94 bits per heavy atom. The molecular weight excluding hydrogens is 232 g/mol. The molecule has 1 fully saturated rings. The van der Waals surface area contributed by atoms with E-state index >= 15 is 0 Å². The predicted octanol–water partition coefficient (Wildman–Crippen LogP) is 2.36. The molecule has 0 N–H and O–H groups in total. The van der Waals surface area contributed by atoms with Crippen LogP contribution in [0.5, 0.6) is 0 Å². The fourth-order valence-corrected chi connectivity index (χ4v) is 3.13. The van der Waals surface area contributed by atoms with Crippen molar-refractivity contribution >= 4 is 17.7 Å². The molecule has 0 radical (unpaired) electrons. The first kappa shape index (κ1) is 12.4. The lowest BCUT2D eigenvalue weighted by Gasteiger charge is -2.37. The number of hydrogen-bond donors (Lipinski definition) is 0. The molecule has 1 amide bonds. The van der Waals surface area contributed by atoms with E-state index in [2.05, 4.69) is 18.8 Å². The lowest BCUT2D eigenvalue weighted by atomic mass is 10.2. The minimum atomic E-state index is 0.0633. The van der Waals surface area contributed by atoms with Crippen molar-refractivity contribution in [3.05, 3.63) is 29.6 Å². The Labute approximate surface area is 107 Å².